The predicted octanol–water partition coefficient (Wildman–Crippen LogP) is -0.893. The number of aryl methyl sites for hydroxylation is 1. The summed E-state index contributed by atoms with van der Waals surface area (Å²) in [5.74, 6) is -0.151. The molecule has 120 valence electrons. The monoisotopic (exact) mass is 407 g/mol. The molecule has 0 spiro atoms. The Hall–Kier alpha value is -1.08. The van der Waals surface area contributed by atoms with Crippen LogP contribution in [-0.2, 0) is 9.53 Å². The molecule has 0 saturated heterocycles. The van der Waals surface area contributed by atoms with Crippen LogP contribution in [0.1, 0.15) is 12.5 Å². The lowest BCUT2D eigenvalue weighted by Crippen LogP contribution is -3.05. The number of nitrogens with zero attached hydrogens (tertiary/aromatic N) is 1. The van der Waals surface area contributed by atoms with Gasteiger partial charge in [0.25, 0.3) is 0 Å². The molecule has 1 aromatic carbocycles. The highest BCUT2D eigenvalue weighted by molar-refractivity contribution is 6.36. The minimum absolute atomic E-state index is 0. The standard InChI is InChI=1S/C14H15Cl2N3O2.BrH/c1-3-21-12(20)8-18-4-5-19(14(18)17)13-9(2)6-10(15)7-11(13)16;/h4-7,17H,3,8H2,1-2H3;1H. The molecular weight excluding hydrogens is 393 g/mol. The maximum atomic E-state index is 11.5. The van der Waals surface area contributed by atoms with Crippen LogP contribution in [0.3, 0.4) is 0 Å². The number of carbonyl (C=O) groups excluding carboxylic acids is 1. The number of hydrogen-bond acceptors (Lipinski definition) is 3. The van der Waals surface area contributed by atoms with Gasteiger partial charge in [-0.25, -0.2) is 10.3 Å². The van der Waals surface area contributed by atoms with Crippen LogP contribution in [0.2, 0.25) is 10.0 Å². The van der Waals surface area contributed by atoms with Gasteiger partial charge in [0.2, 0.25) is 0 Å². The first-order valence-electron chi connectivity index (χ1n) is 6.46. The van der Waals surface area contributed by atoms with E-state index in [9.17, 15) is 4.79 Å². The van der Waals surface area contributed by atoms with Crippen LogP contribution in [0.15, 0.2) is 24.5 Å². The van der Waals surface area contributed by atoms with Crippen LogP contribution in [0.25, 0.3) is 0 Å². The van der Waals surface area contributed by atoms with Crippen molar-refractivity contribution in [2.24, 2.45) is 0 Å². The molecule has 1 atom stereocenters. The van der Waals surface area contributed by atoms with Gasteiger partial charge >= 0.3 is 11.9 Å². The maximum absolute atomic E-state index is 11.5. The molecular formula is C14H16BrCl2N3O2. The van der Waals surface area contributed by atoms with Crippen molar-refractivity contribution >= 4 is 40.8 Å². The summed E-state index contributed by atoms with van der Waals surface area (Å²) >= 11 is 12.2. The summed E-state index contributed by atoms with van der Waals surface area (Å²) < 4.78 is 4.89. The van der Waals surface area contributed by atoms with Crippen LogP contribution in [-0.4, -0.2) is 30.0 Å². The molecule has 0 bridgehead atoms. The number of benzene rings is 1. The molecule has 0 fully saturated rings. The Labute approximate surface area is 149 Å². The number of hydrogen-bond donors (Lipinski definition) is 2. The summed E-state index contributed by atoms with van der Waals surface area (Å²) in [6, 6.07) is 3.44. The normalized spacial score (nSPS) is 16.6. The van der Waals surface area contributed by atoms with E-state index in [4.69, 9.17) is 33.3 Å². The van der Waals surface area contributed by atoms with Crippen molar-refractivity contribution < 1.29 is 31.4 Å². The van der Waals surface area contributed by atoms with Gasteiger partial charge in [-0.05, 0) is 26.0 Å². The fourth-order valence-electron chi connectivity index (χ4n) is 2.20. The zero-order valence-corrected chi connectivity index (χ0v) is 15.2. The largest absolute Gasteiger partial charge is 1.00 e. The van der Waals surface area contributed by atoms with Crippen molar-refractivity contribution in [2.45, 2.75) is 13.8 Å². The molecule has 0 aromatic heterocycles. The highest BCUT2D eigenvalue weighted by Gasteiger charge is 2.32. The van der Waals surface area contributed by atoms with E-state index in [2.05, 4.69) is 0 Å². The van der Waals surface area contributed by atoms with Crippen LogP contribution in [0, 0.1) is 12.3 Å². The molecule has 0 aliphatic carbocycles. The van der Waals surface area contributed by atoms with Gasteiger partial charge in [0.05, 0.1) is 12.8 Å². The van der Waals surface area contributed by atoms with Crippen LogP contribution in [0.5, 0.6) is 0 Å². The molecule has 0 saturated carbocycles. The number of quaternary nitrogens is 1. The molecule has 1 aromatic rings. The van der Waals surface area contributed by atoms with Gasteiger partial charge in [0.15, 0.2) is 5.69 Å². The summed E-state index contributed by atoms with van der Waals surface area (Å²) in [6.07, 6.45) is 3.45. The van der Waals surface area contributed by atoms with E-state index in [1.54, 1.807) is 31.5 Å². The van der Waals surface area contributed by atoms with Gasteiger partial charge in [0, 0.05) is 10.6 Å². The number of nitrogens with one attached hydrogen (secondary N) is 2. The minimum Gasteiger partial charge on any atom is -1.00 e. The second-order valence-electron chi connectivity index (χ2n) is 4.59. The topological polar surface area (TPSA) is 57.8 Å². The lowest BCUT2D eigenvalue weighted by molar-refractivity contribution is -0.668. The second-order valence-corrected chi connectivity index (χ2v) is 5.43. The number of rotatable bonds is 4. The summed E-state index contributed by atoms with van der Waals surface area (Å²) in [7, 11) is 0. The first-order valence-corrected chi connectivity index (χ1v) is 7.22. The van der Waals surface area contributed by atoms with E-state index in [1.165, 1.54) is 4.90 Å². The predicted molar refractivity (Wildman–Crippen MR) is 82.0 cm³/mol. The lowest BCUT2D eigenvalue weighted by Gasteiger charge is -2.17. The SMILES string of the molecule is CCOC(=O)CN1C=C[NH+](c2c(C)cc(Cl)cc2Cl)C1=N.[Br-]. The minimum atomic E-state index is -0.368. The average Bonchev–Trinajstić information content (AvgIpc) is 2.71. The van der Waals surface area contributed by atoms with E-state index >= 15 is 0 Å². The van der Waals surface area contributed by atoms with Crippen LogP contribution < -0.4 is 21.9 Å². The Morgan fingerprint density at radius 1 is 1.41 bits per heavy atom. The molecule has 1 aliphatic heterocycles. The van der Waals surface area contributed by atoms with Crippen LogP contribution >= 0.6 is 23.2 Å². The van der Waals surface area contributed by atoms with Gasteiger partial charge in [-0.3, -0.25) is 9.69 Å². The van der Waals surface area contributed by atoms with Gasteiger partial charge in [-0.1, -0.05) is 23.2 Å². The van der Waals surface area contributed by atoms with E-state index < -0.39 is 0 Å². The molecule has 22 heavy (non-hydrogen) atoms. The van der Waals surface area contributed by atoms with Crippen LogP contribution in [0.4, 0.5) is 5.69 Å². The third-order valence-corrected chi connectivity index (χ3v) is 3.61. The second kappa shape index (κ2) is 7.97. The summed E-state index contributed by atoms with van der Waals surface area (Å²) in [4.78, 5) is 13.7. The fraction of sp³-hybridized carbons (Fsp3) is 0.286. The first kappa shape index (κ1) is 19.0. The van der Waals surface area contributed by atoms with Crippen molar-refractivity contribution in [1.82, 2.24) is 4.90 Å². The molecule has 0 radical (unpaired) electrons. The zero-order chi connectivity index (χ0) is 15.6. The Bertz CT molecular complexity index is 599. The van der Waals surface area contributed by atoms with Crippen molar-refractivity contribution in [2.75, 3.05) is 13.2 Å². The number of carbonyl (C=O) groups is 1. The Kier molecular flexibility index (Phi) is 6.87. The maximum Gasteiger partial charge on any atom is 0.326 e. The van der Waals surface area contributed by atoms with E-state index in [0.717, 1.165) is 11.3 Å². The average molecular weight is 409 g/mol. The first-order chi connectivity index (χ1) is 9.93. The van der Waals surface area contributed by atoms with E-state index in [0.29, 0.717) is 21.6 Å². The Morgan fingerprint density at radius 2 is 2.09 bits per heavy atom. The van der Waals surface area contributed by atoms with Crippen molar-refractivity contribution in [3.63, 3.8) is 0 Å². The smallest absolute Gasteiger partial charge is 0.326 e. The Balaban J connectivity index is 0.00000242. The van der Waals surface area contributed by atoms with Gasteiger partial charge < -0.3 is 21.7 Å². The molecule has 0 amide bonds. The number of esters is 1. The number of ether oxygens (including phenoxy) is 1. The molecule has 1 heterocycles. The van der Waals surface area contributed by atoms with Crippen molar-refractivity contribution in [3.8, 4) is 0 Å². The van der Waals surface area contributed by atoms with E-state index in [1.807, 2.05) is 6.92 Å². The zero-order valence-electron chi connectivity index (χ0n) is 12.1. The van der Waals surface area contributed by atoms with Gasteiger partial charge in [0.1, 0.15) is 17.8 Å². The molecule has 2 rings (SSSR count). The molecule has 2 N–H and O–H groups in total. The van der Waals surface area contributed by atoms with Crippen molar-refractivity contribution in [3.05, 3.63) is 40.1 Å². The molecule has 5 nitrogen and oxygen atoms in total. The fourth-order valence-corrected chi connectivity index (χ4v) is 2.89. The Morgan fingerprint density at radius 3 is 2.68 bits per heavy atom. The van der Waals surface area contributed by atoms with Gasteiger partial charge in [-0.15, -0.1) is 0 Å². The molecule has 8 heteroatoms. The number of halogens is 3. The lowest BCUT2D eigenvalue weighted by atomic mass is 10.2. The van der Waals surface area contributed by atoms with E-state index in [-0.39, 0.29) is 35.5 Å². The number of guanidine groups is 1. The third kappa shape index (κ3) is 4.01. The third-order valence-electron chi connectivity index (χ3n) is 3.09. The summed E-state index contributed by atoms with van der Waals surface area (Å²) in [6.45, 7) is 3.96. The quantitative estimate of drug-likeness (QED) is 0.635. The van der Waals surface area contributed by atoms with Crippen molar-refractivity contribution in [1.29, 1.82) is 5.41 Å². The molecule has 1 aliphatic rings. The van der Waals surface area contributed by atoms with Gasteiger partial charge in [-0.2, -0.15) is 0 Å². The highest BCUT2D eigenvalue weighted by Crippen LogP contribution is 2.27. The summed E-state index contributed by atoms with van der Waals surface area (Å²) in [5, 5.41) is 9.24. The highest BCUT2D eigenvalue weighted by atomic mass is 79.9. The summed E-state index contributed by atoms with van der Waals surface area (Å²) in [5.41, 5.74) is 1.64. The molecule has 1 unspecified atom stereocenters.